The lowest BCUT2D eigenvalue weighted by molar-refractivity contribution is 0.275. The summed E-state index contributed by atoms with van der Waals surface area (Å²) in [4.78, 5) is 0. The molecule has 1 nitrogen and oxygen atoms in total. The van der Waals surface area contributed by atoms with Gasteiger partial charge in [-0.3, -0.25) is 0 Å². The monoisotopic (exact) mass is 140 g/mol. The molecule has 1 aliphatic carbocycles. The summed E-state index contributed by atoms with van der Waals surface area (Å²) < 4.78 is 5.68. The Kier molecular flexibility index (Phi) is 1.31. The second-order valence-corrected chi connectivity index (χ2v) is 3.90. The maximum absolute atomic E-state index is 5.68. The van der Waals surface area contributed by atoms with Gasteiger partial charge in [-0.05, 0) is 31.6 Å². The van der Waals surface area contributed by atoms with Gasteiger partial charge in [0.1, 0.15) is 0 Å². The van der Waals surface area contributed by atoms with Gasteiger partial charge in [0.05, 0.1) is 11.7 Å². The lowest BCUT2D eigenvalue weighted by atomic mass is 9.82. The van der Waals surface area contributed by atoms with Crippen LogP contribution in [-0.2, 0) is 4.74 Å². The molecule has 0 spiro atoms. The van der Waals surface area contributed by atoms with E-state index in [2.05, 4.69) is 13.8 Å². The van der Waals surface area contributed by atoms with Crippen LogP contribution in [0.15, 0.2) is 0 Å². The van der Waals surface area contributed by atoms with Crippen molar-refractivity contribution in [2.75, 3.05) is 0 Å². The van der Waals surface area contributed by atoms with Crippen LogP contribution in [0, 0.1) is 5.92 Å². The molecule has 0 aromatic heterocycles. The Labute approximate surface area is 62.8 Å². The van der Waals surface area contributed by atoms with Crippen molar-refractivity contribution in [3.63, 3.8) is 0 Å². The second-order valence-electron chi connectivity index (χ2n) is 3.90. The summed E-state index contributed by atoms with van der Waals surface area (Å²) in [6.07, 6.45) is 5.87. The highest BCUT2D eigenvalue weighted by Crippen LogP contribution is 2.51. The van der Waals surface area contributed by atoms with Crippen LogP contribution in [0.3, 0.4) is 0 Å². The molecule has 0 aromatic carbocycles. The van der Waals surface area contributed by atoms with Gasteiger partial charge in [-0.2, -0.15) is 0 Å². The summed E-state index contributed by atoms with van der Waals surface area (Å²) in [7, 11) is 0. The third-order valence-corrected chi connectivity index (χ3v) is 3.18. The highest BCUT2D eigenvalue weighted by molar-refractivity contribution is 5.05. The van der Waals surface area contributed by atoms with E-state index in [9.17, 15) is 0 Å². The maximum atomic E-state index is 5.68. The van der Waals surface area contributed by atoms with Crippen LogP contribution < -0.4 is 0 Å². The van der Waals surface area contributed by atoms with Gasteiger partial charge < -0.3 is 4.74 Å². The predicted molar refractivity (Wildman–Crippen MR) is 40.9 cm³/mol. The molecule has 0 radical (unpaired) electrons. The summed E-state index contributed by atoms with van der Waals surface area (Å²) >= 11 is 0. The molecule has 0 bridgehead atoms. The second kappa shape index (κ2) is 1.97. The van der Waals surface area contributed by atoms with Gasteiger partial charge in [0.15, 0.2) is 0 Å². The zero-order chi connectivity index (χ0) is 7.19. The van der Waals surface area contributed by atoms with E-state index < -0.39 is 0 Å². The summed E-state index contributed by atoms with van der Waals surface area (Å²) in [5, 5.41) is 0. The molecule has 3 atom stereocenters. The van der Waals surface area contributed by atoms with Crippen LogP contribution in [0.25, 0.3) is 0 Å². The highest BCUT2D eigenvalue weighted by atomic mass is 16.6. The van der Waals surface area contributed by atoms with Gasteiger partial charge in [-0.15, -0.1) is 0 Å². The lowest BCUT2D eigenvalue weighted by Crippen LogP contribution is -2.21. The van der Waals surface area contributed by atoms with E-state index in [0.717, 1.165) is 5.92 Å². The molecule has 0 amide bonds. The van der Waals surface area contributed by atoms with Gasteiger partial charge in [0, 0.05) is 0 Å². The minimum atomic E-state index is 0.368. The Morgan fingerprint density at radius 1 is 1.60 bits per heavy atom. The minimum absolute atomic E-state index is 0.368. The number of hydrogen-bond acceptors (Lipinski definition) is 1. The molecule has 2 aliphatic rings. The number of rotatable bonds is 1. The highest BCUT2D eigenvalue weighted by Gasteiger charge is 2.56. The molecule has 0 N–H and O–H groups in total. The van der Waals surface area contributed by atoms with Crippen LogP contribution >= 0.6 is 0 Å². The molecule has 1 heteroatoms. The zero-order valence-electron chi connectivity index (χ0n) is 6.89. The third kappa shape index (κ3) is 0.800. The fourth-order valence-corrected chi connectivity index (χ4v) is 2.19. The van der Waals surface area contributed by atoms with Crippen LogP contribution in [-0.4, -0.2) is 11.7 Å². The summed E-state index contributed by atoms with van der Waals surface area (Å²) in [5.41, 5.74) is 0.368. The molecular formula is C9H16O. The van der Waals surface area contributed by atoms with Crippen molar-refractivity contribution in [2.45, 2.75) is 51.2 Å². The first-order valence-electron chi connectivity index (χ1n) is 4.44. The topological polar surface area (TPSA) is 12.5 Å². The summed E-state index contributed by atoms with van der Waals surface area (Å²) in [6, 6.07) is 0. The van der Waals surface area contributed by atoms with Gasteiger partial charge in [0.25, 0.3) is 0 Å². The average Bonchev–Trinajstić information content (AvgIpc) is 2.62. The van der Waals surface area contributed by atoms with Crippen LogP contribution in [0.4, 0.5) is 0 Å². The molecule has 1 aliphatic heterocycles. The number of ether oxygens (including phenoxy) is 1. The van der Waals surface area contributed by atoms with Crippen molar-refractivity contribution >= 4 is 0 Å². The zero-order valence-corrected chi connectivity index (χ0v) is 6.89. The molecule has 10 heavy (non-hydrogen) atoms. The van der Waals surface area contributed by atoms with E-state index in [4.69, 9.17) is 4.74 Å². The molecule has 1 saturated heterocycles. The fraction of sp³-hybridized carbons (Fsp3) is 1.00. The van der Waals surface area contributed by atoms with Crippen molar-refractivity contribution in [1.82, 2.24) is 0 Å². The van der Waals surface area contributed by atoms with E-state index >= 15 is 0 Å². The first-order chi connectivity index (χ1) is 4.77. The first kappa shape index (κ1) is 6.66. The van der Waals surface area contributed by atoms with Gasteiger partial charge >= 0.3 is 0 Å². The van der Waals surface area contributed by atoms with E-state index in [-0.39, 0.29) is 0 Å². The number of hydrogen-bond donors (Lipinski definition) is 0. The Morgan fingerprint density at radius 3 is 3.00 bits per heavy atom. The Morgan fingerprint density at radius 2 is 2.40 bits per heavy atom. The molecular weight excluding hydrogens is 124 g/mol. The number of epoxide rings is 1. The standard InChI is InChI=1S/C9H16O/c1-3-9-5-4-7(2)6-8(9)10-9/h7-8H,3-6H2,1-2H3. The molecule has 1 heterocycles. The maximum Gasteiger partial charge on any atom is 0.0946 e. The van der Waals surface area contributed by atoms with Crippen molar-refractivity contribution in [1.29, 1.82) is 0 Å². The molecule has 0 aromatic rings. The van der Waals surface area contributed by atoms with Crippen molar-refractivity contribution in [3.8, 4) is 0 Å². The Bertz CT molecular complexity index is 144. The Balaban J connectivity index is 1.98. The molecule has 2 rings (SSSR count). The molecule has 3 unspecified atom stereocenters. The molecule has 1 saturated carbocycles. The Hall–Kier alpha value is -0.0400. The van der Waals surface area contributed by atoms with E-state index in [1.54, 1.807) is 0 Å². The van der Waals surface area contributed by atoms with Crippen LogP contribution in [0.1, 0.15) is 39.5 Å². The van der Waals surface area contributed by atoms with Crippen molar-refractivity contribution in [3.05, 3.63) is 0 Å². The van der Waals surface area contributed by atoms with E-state index in [0.29, 0.717) is 11.7 Å². The van der Waals surface area contributed by atoms with Gasteiger partial charge in [-0.1, -0.05) is 13.8 Å². The van der Waals surface area contributed by atoms with Gasteiger partial charge in [0.2, 0.25) is 0 Å². The van der Waals surface area contributed by atoms with Crippen LogP contribution in [0.2, 0.25) is 0 Å². The predicted octanol–water partition coefficient (Wildman–Crippen LogP) is 2.35. The normalized spacial score (nSPS) is 52.2. The summed E-state index contributed by atoms with van der Waals surface area (Å²) in [5.74, 6) is 0.909. The quantitative estimate of drug-likeness (QED) is 0.509. The third-order valence-electron chi connectivity index (χ3n) is 3.18. The lowest BCUT2D eigenvalue weighted by Gasteiger charge is -2.19. The summed E-state index contributed by atoms with van der Waals surface area (Å²) in [6.45, 7) is 4.58. The number of fused-ring (bicyclic) bond motifs is 1. The molecule has 58 valence electrons. The van der Waals surface area contributed by atoms with Crippen molar-refractivity contribution < 1.29 is 4.74 Å². The van der Waals surface area contributed by atoms with E-state index in [1.165, 1.54) is 25.7 Å². The SMILES string of the molecule is CCC12CCC(C)CC1O2. The minimum Gasteiger partial charge on any atom is -0.366 e. The van der Waals surface area contributed by atoms with E-state index in [1.807, 2.05) is 0 Å². The van der Waals surface area contributed by atoms with Crippen LogP contribution in [0.5, 0.6) is 0 Å². The molecule has 2 fully saturated rings. The fourth-order valence-electron chi connectivity index (χ4n) is 2.19. The van der Waals surface area contributed by atoms with Crippen molar-refractivity contribution in [2.24, 2.45) is 5.92 Å². The first-order valence-corrected chi connectivity index (χ1v) is 4.44. The largest absolute Gasteiger partial charge is 0.366 e. The smallest absolute Gasteiger partial charge is 0.0946 e. The van der Waals surface area contributed by atoms with Gasteiger partial charge in [-0.25, -0.2) is 0 Å². The average molecular weight is 140 g/mol.